The second-order valence-electron chi connectivity index (χ2n) is 9.80. The summed E-state index contributed by atoms with van der Waals surface area (Å²) in [5.41, 5.74) is 2.97. The van der Waals surface area contributed by atoms with Crippen molar-refractivity contribution in [3.8, 4) is 0 Å². The highest BCUT2D eigenvalue weighted by Crippen LogP contribution is 2.12. The largest absolute Gasteiger partial charge is 0.519 e. The van der Waals surface area contributed by atoms with E-state index in [0.29, 0.717) is 6.42 Å². The average Bonchev–Trinajstić information content (AvgIpc) is 2.49. The van der Waals surface area contributed by atoms with Gasteiger partial charge in [0.15, 0.2) is 0 Å². The van der Waals surface area contributed by atoms with Crippen molar-refractivity contribution < 1.29 is 53.1 Å². The van der Waals surface area contributed by atoms with E-state index in [-0.39, 0.29) is 31.8 Å². The fraction of sp³-hybridized carbons (Fsp3) is 0.773. The van der Waals surface area contributed by atoms with E-state index >= 15 is 0 Å². The lowest BCUT2D eigenvalue weighted by atomic mass is 10.2. The van der Waals surface area contributed by atoms with Crippen molar-refractivity contribution in [2.75, 3.05) is 6.54 Å². The van der Waals surface area contributed by atoms with Gasteiger partial charge in [0.25, 0.3) is 0 Å². The molecule has 12 heteroatoms. The highest BCUT2D eigenvalue weighted by Gasteiger charge is 2.24. The Hall–Kier alpha value is -2.89. The molecular weight excluding hydrogens is 454 g/mol. The van der Waals surface area contributed by atoms with Crippen molar-refractivity contribution in [2.45, 2.75) is 105 Å². The molecule has 0 spiro atoms. The number of hydrogen-bond donors (Lipinski definition) is 3. The number of carboxylic acid groups (broad SMARTS) is 2. The lowest BCUT2D eigenvalue weighted by Crippen LogP contribution is -2.29. The van der Waals surface area contributed by atoms with Crippen LogP contribution in [-0.2, 0) is 33.3 Å². The van der Waals surface area contributed by atoms with Crippen LogP contribution in [0.25, 0.3) is 0 Å². The van der Waals surface area contributed by atoms with Crippen molar-refractivity contribution >= 4 is 30.2 Å². The van der Waals surface area contributed by atoms with Gasteiger partial charge in [-0.2, -0.15) is 0 Å². The molecule has 0 heterocycles. The topological polar surface area (TPSA) is 189 Å². The molecule has 4 N–H and O–H groups in total. The first kappa shape index (κ1) is 35.7. The SMILES string of the molecule is CC(C)(C)OC(=O)CCCC(=O)O.CC(C)(C)OC(=O)OC(=O)OC(C)(C)C.NCCC(=O)O. The summed E-state index contributed by atoms with van der Waals surface area (Å²) in [6.07, 6.45) is -1.53. The smallest absolute Gasteiger partial charge is 0.481 e. The number of carbonyl (C=O) groups is 5. The molecule has 0 aliphatic rings. The Labute approximate surface area is 201 Å². The summed E-state index contributed by atoms with van der Waals surface area (Å²) in [6.45, 7) is 15.6. The zero-order valence-electron chi connectivity index (χ0n) is 21.7. The Morgan fingerprint density at radius 3 is 1.21 bits per heavy atom. The molecule has 0 aliphatic carbocycles. The molecule has 0 fully saturated rings. The second kappa shape index (κ2) is 16.7. The van der Waals surface area contributed by atoms with E-state index in [9.17, 15) is 24.0 Å². The van der Waals surface area contributed by atoms with Crippen molar-refractivity contribution in [3.63, 3.8) is 0 Å². The number of ether oxygens (including phenoxy) is 4. The maximum atomic E-state index is 11.0. The molecule has 0 radical (unpaired) electrons. The van der Waals surface area contributed by atoms with Crippen molar-refractivity contribution in [2.24, 2.45) is 5.73 Å². The number of esters is 1. The quantitative estimate of drug-likeness (QED) is 0.274. The maximum absolute atomic E-state index is 11.0. The minimum Gasteiger partial charge on any atom is -0.481 e. The van der Waals surface area contributed by atoms with E-state index in [0.717, 1.165) is 0 Å². The van der Waals surface area contributed by atoms with Gasteiger partial charge in [-0.05, 0) is 68.7 Å². The van der Waals surface area contributed by atoms with Crippen molar-refractivity contribution in [3.05, 3.63) is 0 Å². The van der Waals surface area contributed by atoms with Crippen LogP contribution in [0.2, 0.25) is 0 Å². The fourth-order valence-electron chi connectivity index (χ4n) is 1.51. The molecule has 0 aliphatic heterocycles. The highest BCUT2D eigenvalue weighted by molar-refractivity contribution is 5.77. The number of carboxylic acids is 2. The molecule has 12 nitrogen and oxygen atoms in total. The number of rotatable bonds is 6. The van der Waals surface area contributed by atoms with E-state index in [4.69, 9.17) is 30.2 Å². The standard InChI is InChI=1S/C10H18O5.C9H16O4.C3H7NO2/c1-9(2,3)14-7(11)13-8(12)15-10(4,5)6;1-9(2,3)13-8(12)6-4-5-7(10)11;4-2-1-3(5)6/h1-6H3;4-6H2,1-3H3,(H,10,11);1-2,4H2,(H,5,6). The van der Waals surface area contributed by atoms with Gasteiger partial charge in [0.1, 0.15) is 16.8 Å². The van der Waals surface area contributed by atoms with Gasteiger partial charge < -0.3 is 34.9 Å². The summed E-state index contributed by atoms with van der Waals surface area (Å²) in [7, 11) is 0. The zero-order valence-corrected chi connectivity index (χ0v) is 21.7. The van der Waals surface area contributed by atoms with Crippen molar-refractivity contribution in [1.29, 1.82) is 0 Å². The van der Waals surface area contributed by atoms with Gasteiger partial charge >= 0.3 is 30.2 Å². The van der Waals surface area contributed by atoms with E-state index in [1.165, 1.54) is 0 Å². The molecule has 0 aromatic heterocycles. The van der Waals surface area contributed by atoms with E-state index in [2.05, 4.69) is 4.74 Å². The predicted octanol–water partition coefficient (Wildman–Crippen LogP) is 3.88. The van der Waals surface area contributed by atoms with Gasteiger partial charge in [-0.15, -0.1) is 0 Å². The van der Waals surface area contributed by atoms with Crippen LogP contribution < -0.4 is 5.73 Å². The van der Waals surface area contributed by atoms with E-state index in [1.54, 1.807) is 62.3 Å². The van der Waals surface area contributed by atoms with E-state index in [1.807, 2.05) is 0 Å². The molecule has 34 heavy (non-hydrogen) atoms. The molecule has 0 unspecified atom stereocenters. The van der Waals surface area contributed by atoms with Gasteiger partial charge in [-0.1, -0.05) is 0 Å². The van der Waals surface area contributed by atoms with Gasteiger partial charge in [0.2, 0.25) is 0 Å². The first-order valence-electron chi connectivity index (χ1n) is 10.6. The fourth-order valence-corrected chi connectivity index (χ4v) is 1.51. The van der Waals surface area contributed by atoms with Crippen LogP contribution in [-0.4, -0.2) is 63.8 Å². The van der Waals surface area contributed by atoms with Crippen molar-refractivity contribution in [1.82, 2.24) is 0 Å². The number of nitrogens with two attached hydrogens (primary N) is 1. The van der Waals surface area contributed by atoms with Crippen LogP contribution in [0.1, 0.15) is 88.0 Å². The van der Waals surface area contributed by atoms with Gasteiger partial charge in [0, 0.05) is 19.4 Å². The average molecular weight is 496 g/mol. The van der Waals surface area contributed by atoms with Gasteiger partial charge in [-0.3, -0.25) is 14.4 Å². The lowest BCUT2D eigenvalue weighted by molar-refractivity contribution is -0.155. The Balaban J connectivity index is -0.000000461. The molecular formula is C22H41NO11. The first-order valence-corrected chi connectivity index (χ1v) is 10.6. The van der Waals surface area contributed by atoms with Crippen LogP contribution in [0.3, 0.4) is 0 Å². The second-order valence-corrected chi connectivity index (χ2v) is 9.80. The molecule has 0 saturated carbocycles. The number of aliphatic carboxylic acids is 2. The monoisotopic (exact) mass is 495 g/mol. The third-order valence-electron chi connectivity index (χ3n) is 2.50. The predicted molar refractivity (Wildman–Crippen MR) is 122 cm³/mol. The molecule has 0 bridgehead atoms. The van der Waals surface area contributed by atoms with Crippen LogP contribution in [0.4, 0.5) is 9.59 Å². The van der Waals surface area contributed by atoms with Gasteiger partial charge in [0.05, 0.1) is 6.42 Å². The van der Waals surface area contributed by atoms with Crippen LogP contribution >= 0.6 is 0 Å². The molecule has 0 atom stereocenters. The summed E-state index contributed by atoms with van der Waals surface area (Å²) in [4.78, 5) is 52.7. The number of carbonyl (C=O) groups excluding carboxylic acids is 3. The summed E-state index contributed by atoms with van der Waals surface area (Å²) in [5, 5.41) is 16.1. The van der Waals surface area contributed by atoms with Crippen LogP contribution in [0, 0.1) is 0 Å². The summed E-state index contributed by atoms with van der Waals surface area (Å²) in [5.74, 6) is -2.06. The summed E-state index contributed by atoms with van der Waals surface area (Å²) in [6, 6.07) is 0. The first-order chi connectivity index (χ1) is 15.1. The number of hydrogen-bond acceptors (Lipinski definition) is 10. The molecule has 0 aromatic rings. The third-order valence-corrected chi connectivity index (χ3v) is 2.50. The van der Waals surface area contributed by atoms with Crippen LogP contribution in [0.15, 0.2) is 0 Å². The summed E-state index contributed by atoms with van der Waals surface area (Å²) >= 11 is 0. The Bertz CT molecular complexity index is 627. The lowest BCUT2D eigenvalue weighted by Gasteiger charge is -2.20. The molecule has 0 amide bonds. The Kier molecular flexibility index (Phi) is 17.5. The zero-order chi connectivity index (χ0) is 27.8. The Morgan fingerprint density at radius 1 is 0.618 bits per heavy atom. The highest BCUT2D eigenvalue weighted by atomic mass is 16.8. The molecule has 200 valence electrons. The maximum Gasteiger partial charge on any atom is 0.519 e. The molecule has 0 rings (SSSR count). The minimum absolute atomic E-state index is 0.0131. The third kappa shape index (κ3) is 36.5. The molecule has 0 saturated heterocycles. The van der Waals surface area contributed by atoms with E-state index < -0.39 is 41.1 Å². The van der Waals surface area contributed by atoms with Crippen LogP contribution in [0.5, 0.6) is 0 Å². The normalized spacial score (nSPS) is 10.9. The minimum atomic E-state index is -1.06. The summed E-state index contributed by atoms with van der Waals surface area (Å²) < 4.78 is 18.8. The Morgan fingerprint density at radius 2 is 0.971 bits per heavy atom. The molecule has 0 aromatic carbocycles. The van der Waals surface area contributed by atoms with Gasteiger partial charge in [-0.25, -0.2) is 9.59 Å².